The van der Waals surface area contributed by atoms with Crippen LogP contribution in [0.5, 0.6) is 5.75 Å². The molecule has 3 heteroatoms. The molecule has 0 fully saturated rings. The second kappa shape index (κ2) is 6.69. The van der Waals surface area contributed by atoms with Crippen LogP contribution < -0.4 is 10.5 Å². The maximum absolute atomic E-state index is 5.93. The van der Waals surface area contributed by atoms with Crippen LogP contribution in [0.4, 0.5) is 5.69 Å². The van der Waals surface area contributed by atoms with Crippen LogP contribution in [0.3, 0.4) is 0 Å². The number of rotatable bonds is 6. The summed E-state index contributed by atoms with van der Waals surface area (Å²) in [6.45, 7) is 7.01. The quantitative estimate of drug-likeness (QED) is 0.610. The second-order valence-electron chi connectivity index (χ2n) is 3.90. The average Bonchev–Trinajstić information content (AvgIpc) is 2.20. The van der Waals surface area contributed by atoms with E-state index in [2.05, 4.69) is 13.0 Å². The summed E-state index contributed by atoms with van der Waals surface area (Å²) >= 11 is 1.94. The van der Waals surface area contributed by atoms with Crippen molar-refractivity contribution in [2.45, 2.75) is 27.2 Å². The van der Waals surface area contributed by atoms with Gasteiger partial charge >= 0.3 is 0 Å². The minimum Gasteiger partial charge on any atom is -0.491 e. The Hall–Kier alpha value is -0.830. The zero-order valence-electron chi connectivity index (χ0n) is 10.4. The largest absolute Gasteiger partial charge is 0.491 e. The van der Waals surface area contributed by atoms with Gasteiger partial charge in [0.15, 0.2) is 0 Å². The van der Waals surface area contributed by atoms with Gasteiger partial charge in [0.05, 0.1) is 12.3 Å². The number of nitrogens with two attached hydrogens (primary N) is 1. The van der Waals surface area contributed by atoms with Crippen LogP contribution in [0.2, 0.25) is 0 Å². The normalized spacial score (nSPS) is 10.4. The molecule has 0 unspecified atom stereocenters. The molecular formula is C13H21NOS. The highest BCUT2D eigenvalue weighted by atomic mass is 32.2. The predicted molar refractivity (Wildman–Crippen MR) is 73.4 cm³/mol. The van der Waals surface area contributed by atoms with Gasteiger partial charge in [-0.1, -0.05) is 13.0 Å². The van der Waals surface area contributed by atoms with Crippen LogP contribution in [0.1, 0.15) is 24.5 Å². The standard InChI is InChI=1S/C13H21NOS/c1-4-16-7-5-6-15-13-11(3)8-10(2)9-12(13)14/h8-9H,4-7,14H2,1-3H3. The summed E-state index contributed by atoms with van der Waals surface area (Å²) in [5.41, 5.74) is 8.99. The molecule has 0 aliphatic heterocycles. The minimum atomic E-state index is 0.751. The molecule has 1 rings (SSSR count). The fourth-order valence-electron chi connectivity index (χ4n) is 1.66. The first-order valence-corrected chi connectivity index (χ1v) is 6.88. The number of thioether (sulfide) groups is 1. The van der Waals surface area contributed by atoms with Crippen molar-refractivity contribution in [1.82, 2.24) is 0 Å². The molecule has 0 aliphatic rings. The summed E-state index contributed by atoms with van der Waals surface area (Å²) in [6.07, 6.45) is 1.07. The molecule has 16 heavy (non-hydrogen) atoms. The highest BCUT2D eigenvalue weighted by Gasteiger charge is 2.05. The summed E-state index contributed by atoms with van der Waals surface area (Å²) in [4.78, 5) is 0. The first kappa shape index (κ1) is 13.2. The Morgan fingerprint density at radius 3 is 2.69 bits per heavy atom. The second-order valence-corrected chi connectivity index (χ2v) is 5.29. The van der Waals surface area contributed by atoms with E-state index < -0.39 is 0 Å². The maximum Gasteiger partial charge on any atom is 0.145 e. The van der Waals surface area contributed by atoms with Crippen molar-refractivity contribution < 1.29 is 4.74 Å². The van der Waals surface area contributed by atoms with Gasteiger partial charge < -0.3 is 10.5 Å². The Balaban J connectivity index is 2.47. The molecule has 0 spiro atoms. The van der Waals surface area contributed by atoms with Gasteiger partial charge in [-0.2, -0.15) is 11.8 Å². The molecule has 1 aromatic carbocycles. The lowest BCUT2D eigenvalue weighted by Crippen LogP contribution is -2.03. The van der Waals surface area contributed by atoms with Crippen molar-refractivity contribution in [2.75, 3.05) is 23.8 Å². The van der Waals surface area contributed by atoms with E-state index in [9.17, 15) is 0 Å². The van der Waals surface area contributed by atoms with Crippen LogP contribution in [0, 0.1) is 13.8 Å². The van der Waals surface area contributed by atoms with E-state index in [1.807, 2.05) is 31.7 Å². The Labute approximate surface area is 103 Å². The molecule has 1 aromatic rings. The molecule has 0 saturated carbocycles. The fraction of sp³-hybridized carbons (Fsp3) is 0.538. The molecule has 0 atom stereocenters. The van der Waals surface area contributed by atoms with Gasteiger partial charge in [-0.05, 0) is 49.0 Å². The van der Waals surface area contributed by atoms with Gasteiger partial charge in [0.25, 0.3) is 0 Å². The van der Waals surface area contributed by atoms with Gasteiger partial charge in [-0.15, -0.1) is 0 Å². The molecule has 90 valence electrons. The molecule has 0 saturated heterocycles. The van der Waals surface area contributed by atoms with Crippen molar-refractivity contribution in [3.05, 3.63) is 23.3 Å². The molecular weight excluding hydrogens is 218 g/mol. The number of hydrogen-bond donors (Lipinski definition) is 1. The van der Waals surface area contributed by atoms with Gasteiger partial charge in [0.2, 0.25) is 0 Å². The smallest absolute Gasteiger partial charge is 0.145 e. The Morgan fingerprint density at radius 2 is 2.06 bits per heavy atom. The lowest BCUT2D eigenvalue weighted by molar-refractivity contribution is 0.318. The van der Waals surface area contributed by atoms with Crippen LogP contribution >= 0.6 is 11.8 Å². The predicted octanol–water partition coefficient (Wildman–Crippen LogP) is 3.41. The fourth-order valence-corrected chi connectivity index (χ4v) is 2.27. The number of nitrogen functional groups attached to an aromatic ring is 1. The topological polar surface area (TPSA) is 35.2 Å². The van der Waals surface area contributed by atoms with Crippen molar-refractivity contribution in [2.24, 2.45) is 0 Å². The molecule has 0 heterocycles. The zero-order valence-corrected chi connectivity index (χ0v) is 11.2. The zero-order chi connectivity index (χ0) is 12.0. The lowest BCUT2D eigenvalue weighted by Gasteiger charge is -2.12. The lowest BCUT2D eigenvalue weighted by atomic mass is 10.1. The summed E-state index contributed by atoms with van der Waals surface area (Å²) in [7, 11) is 0. The number of ether oxygens (including phenoxy) is 1. The first-order chi connectivity index (χ1) is 7.65. The van der Waals surface area contributed by atoms with E-state index in [-0.39, 0.29) is 0 Å². The molecule has 0 aromatic heterocycles. The minimum absolute atomic E-state index is 0.751. The van der Waals surface area contributed by atoms with Gasteiger partial charge in [0.1, 0.15) is 5.75 Å². The first-order valence-electron chi connectivity index (χ1n) is 5.72. The summed E-state index contributed by atoms with van der Waals surface area (Å²) in [5.74, 6) is 3.18. The van der Waals surface area contributed by atoms with E-state index in [0.29, 0.717) is 0 Å². The van der Waals surface area contributed by atoms with E-state index in [0.717, 1.165) is 35.8 Å². The maximum atomic E-state index is 5.93. The van der Waals surface area contributed by atoms with Crippen molar-refractivity contribution >= 4 is 17.4 Å². The summed E-state index contributed by atoms with van der Waals surface area (Å²) in [6, 6.07) is 4.07. The van der Waals surface area contributed by atoms with Gasteiger partial charge in [-0.25, -0.2) is 0 Å². The molecule has 2 nitrogen and oxygen atoms in total. The molecule has 0 bridgehead atoms. The Bertz CT molecular complexity index is 316. The van der Waals surface area contributed by atoms with Crippen LogP contribution in [-0.2, 0) is 0 Å². The highest BCUT2D eigenvalue weighted by molar-refractivity contribution is 7.99. The Kier molecular flexibility index (Phi) is 5.53. The number of benzene rings is 1. The number of aryl methyl sites for hydroxylation is 2. The van der Waals surface area contributed by atoms with Crippen molar-refractivity contribution in [1.29, 1.82) is 0 Å². The molecule has 0 radical (unpaired) electrons. The van der Waals surface area contributed by atoms with Crippen molar-refractivity contribution in [3.8, 4) is 5.75 Å². The third kappa shape index (κ3) is 3.97. The van der Waals surface area contributed by atoms with Crippen molar-refractivity contribution in [3.63, 3.8) is 0 Å². The van der Waals surface area contributed by atoms with Gasteiger partial charge in [-0.3, -0.25) is 0 Å². The number of anilines is 1. The SMILES string of the molecule is CCSCCCOc1c(C)cc(C)cc1N. The van der Waals surface area contributed by atoms with Crippen LogP contribution in [-0.4, -0.2) is 18.1 Å². The molecule has 0 aliphatic carbocycles. The molecule has 0 amide bonds. The number of hydrogen-bond acceptors (Lipinski definition) is 3. The highest BCUT2D eigenvalue weighted by Crippen LogP contribution is 2.27. The third-order valence-corrected chi connectivity index (χ3v) is 3.32. The average molecular weight is 239 g/mol. The van der Waals surface area contributed by atoms with E-state index in [1.54, 1.807) is 0 Å². The van der Waals surface area contributed by atoms with Crippen LogP contribution in [0.25, 0.3) is 0 Å². The molecule has 2 N–H and O–H groups in total. The monoisotopic (exact) mass is 239 g/mol. The Morgan fingerprint density at radius 1 is 1.31 bits per heavy atom. The van der Waals surface area contributed by atoms with Gasteiger partial charge in [0, 0.05) is 0 Å². The van der Waals surface area contributed by atoms with E-state index >= 15 is 0 Å². The summed E-state index contributed by atoms with van der Waals surface area (Å²) in [5, 5.41) is 0. The van der Waals surface area contributed by atoms with E-state index in [4.69, 9.17) is 10.5 Å². The van der Waals surface area contributed by atoms with Crippen LogP contribution in [0.15, 0.2) is 12.1 Å². The van der Waals surface area contributed by atoms with E-state index in [1.165, 1.54) is 11.3 Å². The third-order valence-electron chi connectivity index (χ3n) is 2.33. The summed E-state index contributed by atoms with van der Waals surface area (Å²) < 4.78 is 5.73.